The topological polar surface area (TPSA) is 64.0 Å². The fourth-order valence-corrected chi connectivity index (χ4v) is 2.84. The van der Waals surface area contributed by atoms with Gasteiger partial charge in [-0.15, -0.1) is 11.3 Å². The quantitative estimate of drug-likeness (QED) is 0.751. The molecule has 0 bridgehead atoms. The minimum absolute atomic E-state index is 0.103. The number of aromatic nitrogens is 2. The Morgan fingerprint density at radius 2 is 2.33 bits per heavy atom. The number of nitrogens with zero attached hydrogens (tertiary/aromatic N) is 2. The Morgan fingerprint density at radius 1 is 1.48 bits per heavy atom. The number of carbonyl (C=O) groups is 2. The van der Waals surface area contributed by atoms with Crippen molar-refractivity contribution in [1.82, 2.24) is 9.55 Å². The van der Waals surface area contributed by atoms with Gasteiger partial charge in [0, 0.05) is 39.3 Å². The van der Waals surface area contributed by atoms with Crippen LogP contribution in [0.4, 0.5) is 5.13 Å². The number of amides is 1. The number of fused-ring (bicyclic) bond motifs is 1. The molecule has 1 N–H and O–H groups in total. The van der Waals surface area contributed by atoms with Gasteiger partial charge in [0.2, 0.25) is 5.91 Å². The molecule has 0 aliphatic heterocycles. The third-order valence-corrected chi connectivity index (χ3v) is 3.92. The average molecular weight is 320 g/mol. The zero-order chi connectivity index (χ0) is 14.8. The summed E-state index contributed by atoms with van der Waals surface area (Å²) in [5, 5.41) is 6.33. The molecule has 1 aromatic carbocycles. The fraction of sp³-hybridized carbons (Fsp3) is 0.0714. The summed E-state index contributed by atoms with van der Waals surface area (Å²) < 4.78 is 1.72. The van der Waals surface area contributed by atoms with Crippen molar-refractivity contribution in [3.63, 3.8) is 0 Å². The summed E-state index contributed by atoms with van der Waals surface area (Å²) in [5.74, 6) is -0.200. The summed E-state index contributed by atoms with van der Waals surface area (Å²) in [5.41, 5.74) is 1.30. The predicted octanol–water partition coefficient (Wildman–Crippen LogP) is 3.20. The van der Waals surface area contributed by atoms with Crippen molar-refractivity contribution in [1.29, 1.82) is 0 Å². The number of hydrogen-bond donors (Lipinski definition) is 1. The van der Waals surface area contributed by atoms with E-state index >= 15 is 0 Å². The summed E-state index contributed by atoms with van der Waals surface area (Å²) in [6, 6.07) is 5.24. The molecular weight excluding hydrogens is 310 g/mol. The van der Waals surface area contributed by atoms with E-state index < -0.39 is 0 Å². The van der Waals surface area contributed by atoms with Crippen molar-refractivity contribution in [2.24, 2.45) is 0 Å². The van der Waals surface area contributed by atoms with Gasteiger partial charge >= 0.3 is 0 Å². The normalized spacial score (nSPS) is 10.7. The zero-order valence-corrected chi connectivity index (χ0v) is 12.3. The van der Waals surface area contributed by atoms with Crippen molar-refractivity contribution in [2.75, 3.05) is 5.32 Å². The lowest BCUT2D eigenvalue weighted by Gasteiger charge is -2.05. The molecule has 0 spiro atoms. The third-order valence-electron chi connectivity index (χ3n) is 2.99. The molecule has 2 aromatic heterocycles. The first-order valence-corrected chi connectivity index (χ1v) is 7.36. The van der Waals surface area contributed by atoms with Crippen LogP contribution in [0.5, 0.6) is 0 Å². The predicted molar refractivity (Wildman–Crippen MR) is 83.1 cm³/mol. The van der Waals surface area contributed by atoms with Crippen LogP contribution in [-0.4, -0.2) is 21.7 Å². The minimum Gasteiger partial charge on any atom is -0.337 e. The summed E-state index contributed by atoms with van der Waals surface area (Å²) in [6.45, 7) is 0.103. The van der Waals surface area contributed by atoms with Crippen LogP contribution in [0.15, 0.2) is 36.0 Å². The van der Waals surface area contributed by atoms with Gasteiger partial charge in [-0.1, -0.05) is 11.6 Å². The van der Waals surface area contributed by atoms with Crippen LogP contribution in [-0.2, 0) is 11.3 Å². The Hall–Kier alpha value is -2.18. The molecule has 3 aromatic rings. The van der Waals surface area contributed by atoms with E-state index in [1.54, 1.807) is 40.5 Å². The molecule has 0 aliphatic rings. The molecule has 0 fully saturated rings. The van der Waals surface area contributed by atoms with Gasteiger partial charge in [0.1, 0.15) is 6.54 Å². The molecule has 1 amide bonds. The molecule has 0 unspecified atom stereocenters. The molecule has 2 heterocycles. The molecular formula is C14H10ClN3O2S. The Kier molecular flexibility index (Phi) is 3.72. The third kappa shape index (κ3) is 2.81. The lowest BCUT2D eigenvalue weighted by atomic mass is 10.2. The molecule has 21 heavy (non-hydrogen) atoms. The highest BCUT2D eigenvalue weighted by molar-refractivity contribution is 7.13. The Balaban J connectivity index is 1.90. The molecule has 0 saturated heterocycles. The molecule has 5 nitrogen and oxygen atoms in total. The van der Waals surface area contributed by atoms with Crippen LogP contribution in [0.1, 0.15) is 10.4 Å². The van der Waals surface area contributed by atoms with Gasteiger partial charge in [-0.05, 0) is 18.2 Å². The minimum atomic E-state index is -0.200. The van der Waals surface area contributed by atoms with Gasteiger partial charge in [0.05, 0.1) is 0 Å². The van der Waals surface area contributed by atoms with Gasteiger partial charge < -0.3 is 9.88 Å². The lowest BCUT2D eigenvalue weighted by molar-refractivity contribution is -0.116. The van der Waals surface area contributed by atoms with E-state index in [9.17, 15) is 9.59 Å². The van der Waals surface area contributed by atoms with E-state index in [1.807, 2.05) is 0 Å². The molecule has 0 atom stereocenters. The van der Waals surface area contributed by atoms with Crippen LogP contribution in [0.3, 0.4) is 0 Å². The van der Waals surface area contributed by atoms with Crippen LogP contribution in [0, 0.1) is 0 Å². The van der Waals surface area contributed by atoms with Crippen LogP contribution in [0.25, 0.3) is 10.9 Å². The van der Waals surface area contributed by atoms with Crippen molar-refractivity contribution < 1.29 is 9.59 Å². The number of thiazole rings is 1. The number of hydrogen-bond acceptors (Lipinski definition) is 4. The number of carbonyl (C=O) groups excluding carboxylic acids is 2. The second-order valence-electron chi connectivity index (χ2n) is 4.38. The summed E-state index contributed by atoms with van der Waals surface area (Å²) in [6.07, 6.45) is 4.03. The van der Waals surface area contributed by atoms with E-state index in [2.05, 4.69) is 10.3 Å². The standard InChI is InChI=1S/C14H10ClN3O2S/c15-10-1-2-12-11(5-10)9(8-19)6-18(12)7-13(20)17-14-16-3-4-21-14/h1-6,8H,7H2,(H,16,17,20). The number of halogens is 1. The smallest absolute Gasteiger partial charge is 0.246 e. The monoisotopic (exact) mass is 319 g/mol. The maximum Gasteiger partial charge on any atom is 0.246 e. The second-order valence-corrected chi connectivity index (χ2v) is 5.71. The molecule has 106 valence electrons. The first kappa shape index (κ1) is 13.8. The molecule has 7 heteroatoms. The Morgan fingerprint density at radius 3 is 3.05 bits per heavy atom. The zero-order valence-electron chi connectivity index (χ0n) is 10.7. The van der Waals surface area contributed by atoms with E-state index in [4.69, 9.17) is 11.6 Å². The number of rotatable bonds is 4. The van der Waals surface area contributed by atoms with Crippen LogP contribution >= 0.6 is 22.9 Å². The van der Waals surface area contributed by atoms with Crippen molar-refractivity contribution >= 4 is 51.2 Å². The van der Waals surface area contributed by atoms with Crippen LogP contribution in [0.2, 0.25) is 5.02 Å². The SMILES string of the molecule is O=Cc1cn(CC(=O)Nc2nccs2)c2ccc(Cl)cc12. The van der Waals surface area contributed by atoms with E-state index in [0.717, 1.165) is 17.2 Å². The van der Waals surface area contributed by atoms with Crippen molar-refractivity contribution in [2.45, 2.75) is 6.54 Å². The molecule has 0 aliphatic carbocycles. The highest BCUT2D eigenvalue weighted by Crippen LogP contribution is 2.24. The van der Waals surface area contributed by atoms with E-state index in [1.165, 1.54) is 11.3 Å². The summed E-state index contributed by atoms with van der Waals surface area (Å²) in [4.78, 5) is 27.1. The lowest BCUT2D eigenvalue weighted by Crippen LogP contribution is -2.18. The number of benzene rings is 1. The maximum absolute atomic E-state index is 12.0. The first-order chi connectivity index (χ1) is 10.2. The van der Waals surface area contributed by atoms with E-state index in [0.29, 0.717) is 15.7 Å². The van der Waals surface area contributed by atoms with Crippen molar-refractivity contribution in [3.05, 3.63) is 46.6 Å². The highest BCUT2D eigenvalue weighted by atomic mass is 35.5. The van der Waals surface area contributed by atoms with Crippen molar-refractivity contribution in [3.8, 4) is 0 Å². The molecule has 0 radical (unpaired) electrons. The largest absolute Gasteiger partial charge is 0.337 e. The Bertz CT molecular complexity index is 811. The number of aldehydes is 1. The first-order valence-electron chi connectivity index (χ1n) is 6.10. The Labute approximate surface area is 129 Å². The van der Waals surface area contributed by atoms with E-state index in [-0.39, 0.29) is 12.5 Å². The maximum atomic E-state index is 12.0. The molecule has 0 saturated carbocycles. The van der Waals surface area contributed by atoms with Gasteiger partial charge in [-0.3, -0.25) is 9.59 Å². The average Bonchev–Trinajstić information content (AvgIpc) is 3.07. The fourth-order valence-electron chi connectivity index (χ4n) is 2.12. The molecule has 3 rings (SSSR count). The summed E-state index contributed by atoms with van der Waals surface area (Å²) in [7, 11) is 0. The van der Waals surface area contributed by atoms with Crippen LogP contribution < -0.4 is 5.32 Å². The van der Waals surface area contributed by atoms with Gasteiger partial charge in [0.25, 0.3) is 0 Å². The number of nitrogens with one attached hydrogen (secondary N) is 1. The second kappa shape index (κ2) is 5.67. The highest BCUT2D eigenvalue weighted by Gasteiger charge is 2.12. The summed E-state index contributed by atoms with van der Waals surface area (Å²) >= 11 is 7.30. The number of anilines is 1. The van der Waals surface area contributed by atoms with Gasteiger partial charge in [-0.2, -0.15) is 0 Å². The van der Waals surface area contributed by atoms with Gasteiger partial charge in [0.15, 0.2) is 11.4 Å². The van der Waals surface area contributed by atoms with Gasteiger partial charge in [-0.25, -0.2) is 4.98 Å².